The van der Waals surface area contributed by atoms with E-state index in [1.54, 1.807) is 29.2 Å². The molecule has 0 radical (unpaired) electrons. The average Bonchev–Trinajstić information content (AvgIpc) is 2.71. The minimum absolute atomic E-state index is 0.0221. The molecule has 0 saturated carbocycles. The van der Waals surface area contributed by atoms with E-state index < -0.39 is 17.0 Å². The van der Waals surface area contributed by atoms with Gasteiger partial charge in [0, 0.05) is 40.3 Å². The number of halogens is 1. The van der Waals surface area contributed by atoms with Crippen LogP contribution in [0.4, 0.5) is 5.82 Å². The van der Waals surface area contributed by atoms with Gasteiger partial charge in [-0.3, -0.25) is 28.4 Å². The molecule has 9 nitrogen and oxygen atoms in total. The molecule has 1 aromatic heterocycles. The van der Waals surface area contributed by atoms with Crippen LogP contribution in [0.5, 0.6) is 0 Å². The summed E-state index contributed by atoms with van der Waals surface area (Å²) in [5.74, 6) is -0.752. The molecule has 0 aliphatic carbocycles. The smallest absolute Gasteiger partial charge is 0.332 e. The van der Waals surface area contributed by atoms with Crippen molar-refractivity contribution >= 4 is 29.1 Å². The number of ketones is 1. The predicted octanol–water partition coefficient (Wildman–Crippen LogP) is -0.0397. The van der Waals surface area contributed by atoms with Crippen LogP contribution in [0.2, 0.25) is 5.02 Å². The van der Waals surface area contributed by atoms with Gasteiger partial charge in [0.05, 0.1) is 17.1 Å². The van der Waals surface area contributed by atoms with Gasteiger partial charge in [-0.05, 0) is 12.1 Å². The van der Waals surface area contributed by atoms with Gasteiger partial charge in [0.25, 0.3) is 11.5 Å². The van der Waals surface area contributed by atoms with E-state index in [2.05, 4.69) is 0 Å². The van der Waals surface area contributed by atoms with Gasteiger partial charge < -0.3 is 10.6 Å². The molecule has 2 aromatic rings. The van der Waals surface area contributed by atoms with E-state index in [-0.39, 0.29) is 23.8 Å². The van der Waals surface area contributed by atoms with Crippen molar-refractivity contribution in [1.82, 2.24) is 18.9 Å². The number of nitrogens with zero attached hydrogens (tertiary/aromatic N) is 4. The van der Waals surface area contributed by atoms with Crippen molar-refractivity contribution in [1.29, 1.82) is 0 Å². The summed E-state index contributed by atoms with van der Waals surface area (Å²) in [6.45, 7) is 1.77. The molecule has 0 unspecified atom stereocenters. The monoisotopic (exact) mass is 419 g/mol. The number of aromatic nitrogens is 2. The minimum atomic E-state index is -0.705. The number of amides is 1. The third-order valence-corrected chi connectivity index (χ3v) is 5.45. The number of hydrogen-bond acceptors (Lipinski definition) is 6. The van der Waals surface area contributed by atoms with E-state index in [0.717, 1.165) is 9.13 Å². The maximum absolute atomic E-state index is 12.7. The van der Waals surface area contributed by atoms with Crippen molar-refractivity contribution in [3.63, 3.8) is 0 Å². The van der Waals surface area contributed by atoms with E-state index in [4.69, 9.17) is 17.3 Å². The number of nitrogen functional groups attached to an aromatic ring is 1. The molecule has 29 heavy (non-hydrogen) atoms. The quantitative estimate of drug-likeness (QED) is 0.696. The Kier molecular flexibility index (Phi) is 5.90. The third-order valence-electron chi connectivity index (χ3n) is 5.12. The number of carbonyl (C=O) groups is 2. The minimum Gasteiger partial charge on any atom is -0.384 e. The number of anilines is 1. The fourth-order valence-corrected chi connectivity index (χ4v) is 3.53. The van der Waals surface area contributed by atoms with E-state index in [9.17, 15) is 19.2 Å². The number of hydrogen-bond donors (Lipinski definition) is 1. The molecule has 1 aliphatic heterocycles. The van der Waals surface area contributed by atoms with Gasteiger partial charge in [-0.2, -0.15) is 0 Å². The van der Waals surface area contributed by atoms with Gasteiger partial charge in [0.1, 0.15) is 11.4 Å². The number of benzene rings is 1. The van der Waals surface area contributed by atoms with Gasteiger partial charge in [-0.25, -0.2) is 4.79 Å². The van der Waals surface area contributed by atoms with E-state index >= 15 is 0 Å². The molecular weight excluding hydrogens is 398 g/mol. The lowest BCUT2D eigenvalue weighted by Gasteiger charge is -2.34. The summed E-state index contributed by atoms with van der Waals surface area (Å²) in [5, 5.41) is 0.399. The Hall–Kier alpha value is -2.91. The molecule has 1 saturated heterocycles. The highest BCUT2D eigenvalue weighted by Gasteiger charge is 2.27. The fourth-order valence-electron chi connectivity index (χ4n) is 3.32. The van der Waals surface area contributed by atoms with Crippen LogP contribution in [0.1, 0.15) is 20.7 Å². The number of nitrogens with two attached hydrogens (primary N) is 1. The molecule has 1 aromatic carbocycles. The Morgan fingerprint density at radius 3 is 2.28 bits per heavy atom. The van der Waals surface area contributed by atoms with Crippen molar-refractivity contribution in [2.45, 2.75) is 0 Å². The van der Waals surface area contributed by atoms with Crippen LogP contribution in [0, 0.1) is 0 Å². The van der Waals surface area contributed by atoms with Crippen LogP contribution < -0.4 is 17.0 Å². The first-order chi connectivity index (χ1) is 13.7. The second-order valence-corrected chi connectivity index (χ2v) is 7.34. The van der Waals surface area contributed by atoms with Crippen LogP contribution >= 0.6 is 11.6 Å². The molecule has 1 fully saturated rings. The first-order valence-corrected chi connectivity index (χ1v) is 9.45. The Morgan fingerprint density at radius 1 is 1.03 bits per heavy atom. The molecule has 10 heteroatoms. The van der Waals surface area contributed by atoms with Crippen molar-refractivity contribution in [2.24, 2.45) is 14.1 Å². The van der Waals surface area contributed by atoms with Gasteiger partial charge >= 0.3 is 5.69 Å². The molecule has 2 N–H and O–H groups in total. The molecule has 1 amide bonds. The van der Waals surface area contributed by atoms with E-state index in [0.29, 0.717) is 36.8 Å². The lowest BCUT2D eigenvalue weighted by atomic mass is 10.1. The Labute approximate surface area is 171 Å². The Bertz CT molecular complexity index is 1080. The zero-order valence-corrected chi connectivity index (χ0v) is 17.0. The summed E-state index contributed by atoms with van der Waals surface area (Å²) in [4.78, 5) is 53.1. The van der Waals surface area contributed by atoms with Crippen LogP contribution in [-0.4, -0.2) is 63.3 Å². The zero-order chi connectivity index (χ0) is 21.3. The highest BCUT2D eigenvalue weighted by Crippen LogP contribution is 2.18. The second-order valence-electron chi connectivity index (χ2n) is 6.94. The average molecular weight is 420 g/mol. The maximum atomic E-state index is 12.7. The van der Waals surface area contributed by atoms with Gasteiger partial charge in [-0.1, -0.05) is 23.7 Å². The number of rotatable bonds is 4. The van der Waals surface area contributed by atoms with Crippen LogP contribution in [0.3, 0.4) is 0 Å². The summed E-state index contributed by atoms with van der Waals surface area (Å²) in [7, 11) is 2.72. The van der Waals surface area contributed by atoms with Crippen LogP contribution in [0.25, 0.3) is 0 Å². The lowest BCUT2D eigenvalue weighted by Crippen LogP contribution is -2.50. The summed E-state index contributed by atoms with van der Waals surface area (Å²) in [5.41, 5.74) is 4.81. The van der Waals surface area contributed by atoms with E-state index in [1.165, 1.54) is 14.1 Å². The van der Waals surface area contributed by atoms with Crippen molar-refractivity contribution in [3.8, 4) is 0 Å². The van der Waals surface area contributed by atoms with Crippen molar-refractivity contribution in [2.75, 3.05) is 38.5 Å². The molecule has 0 bridgehead atoms. The van der Waals surface area contributed by atoms with Gasteiger partial charge in [-0.15, -0.1) is 0 Å². The topological polar surface area (TPSA) is 111 Å². The van der Waals surface area contributed by atoms with E-state index in [1.807, 2.05) is 4.90 Å². The lowest BCUT2D eigenvalue weighted by molar-refractivity contribution is 0.0624. The van der Waals surface area contributed by atoms with Crippen molar-refractivity contribution < 1.29 is 9.59 Å². The Morgan fingerprint density at radius 2 is 1.66 bits per heavy atom. The summed E-state index contributed by atoms with van der Waals surface area (Å²) >= 11 is 6.10. The third kappa shape index (κ3) is 3.96. The summed E-state index contributed by atoms with van der Waals surface area (Å²) < 4.78 is 1.94. The Balaban J connectivity index is 1.68. The molecule has 154 valence electrons. The normalized spacial score (nSPS) is 14.8. The fraction of sp³-hybridized carbons (Fsp3) is 0.368. The molecule has 1 aliphatic rings. The zero-order valence-electron chi connectivity index (χ0n) is 16.2. The SMILES string of the molecule is Cn1c(N)c(C(=O)CN2CCN(C(=O)c3ccccc3Cl)CC2)c(=O)n(C)c1=O. The molecule has 0 atom stereocenters. The highest BCUT2D eigenvalue weighted by atomic mass is 35.5. The second kappa shape index (κ2) is 8.22. The summed E-state index contributed by atoms with van der Waals surface area (Å²) in [6.07, 6.45) is 0. The van der Waals surface area contributed by atoms with Gasteiger partial charge in [0.2, 0.25) is 0 Å². The molecule has 2 heterocycles. The van der Waals surface area contributed by atoms with Crippen LogP contribution in [-0.2, 0) is 14.1 Å². The molecule has 0 spiro atoms. The molecule has 3 rings (SSSR count). The first kappa shape index (κ1) is 20.8. The van der Waals surface area contributed by atoms with Crippen molar-refractivity contribution in [3.05, 3.63) is 61.3 Å². The summed E-state index contributed by atoms with van der Waals surface area (Å²) in [6, 6.07) is 6.87. The van der Waals surface area contributed by atoms with Gasteiger partial charge in [0.15, 0.2) is 5.78 Å². The van der Waals surface area contributed by atoms with Crippen LogP contribution in [0.15, 0.2) is 33.9 Å². The standard InChI is InChI=1S/C19H22ClN5O4/c1-22-16(21)15(18(28)23(2)19(22)29)14(26)11-24-7-9-25(10-8-24)17(27)12-5-3-4-6-13(12)20/h3-6H,7-11,21H2,1-2H3. The largest absolute Gasteiger partial charge is 0.384 e. The number of piperazine rings is 1. The number of carbonyl (C=O) groups excluding carboxylic acids is 2. The predicted molar refractivity (Wildman–Crippen MR) is 109 cm³/mol. The maximum Gasteiger partial charge on any atom is 0.332 e. The number of Topliss-reactive ketones (excluding diaryl/α,β-unsaturated/α-hetero) is 1. The highest BCUT2D eigenvalue weighted by molar-refractivity contribution is 6.33. The molecular formula is C19H22ClN5O4. The first-order valence-electron chi connectivity index (χ1n) is 9.07.